The van der Waals surface area contributed by atoms with E-state index in [9.17, 15) is 4.79 Å². The Kier molecular flexibility index (Phi) is 4.09. The molecule has 1 amide bonds. The summed E-state index contributed by atoms with van der Waals surface area (Å²) in [5.41, 5.74) is 1.14. The average Bonchev–Trinajstić information content (AvgIpc) is 3.22. The Labute approximate surface area is 140 Å². The van der Waals surface area contributed by atoms with Gasteiger partial charge in [-0.25, -0.2) is 14.8 Å². The predicted octanol–water partition coefficient (Wildman–Crippen LogP) is 3.71. The van der Waals surface area contributed by atoms with E-state index in [0.29, 0.717) is 11.6 Å². The summed E-state index contributed by atoms with van der Waals surface area (Å²) in [5, 5.41) is 6.73. The van der Waals surface area contributed by atoms with Crippen LogP contribution in [0.2, 0.25) is 0 Å². The molecule has 3 rings (SSSR count). The lowest BCUT2D eigenvalue weighted by atomic mass is 10.1. The number of hydrogen-bond acceptors (Lipinski definition) is 5. The molecule has 0 saturated heterocycles. The summed E-state index contributed by atoms with van der Waals surface area (Å²) in [7, 11) is 0. The second-order valence-electron chi connectivity index (χ2n) is 6.78. The minimum Gasteiger partial charge on any atom is -0.443 e. The van der Waals surface area contributed by atoms with Crippen LogP contribution in [0.3, 0.4) is 0 Å². The molecule has 1 aliphatic rings. The standard InChI is InChI=1S/C17H21N5O2/c1-17(2,3)24-16(23)22(12-6-7-12)14-8-5-11(9-19-14)13-10-20-21-15(13)18-4/h5,8-10,12H,4,6-7H2,1-3H3,(H,20,21). The first-order chi connectivity index (χ1) is 11.4. The normalized spacial score (nSPS) is 14.3. The third-order valence-corrected chi connectivity index (χ3v) is 3.59. The van der Waals surface area contributed by atoms with Crippen molar-refractivity contribution in [3.63, 3.8) is 0 Å². The number of H-pyrrole nitrogens is 1. The molecule has 7 heteroatoms. The predicted molar refractivity (Wildman–Crippen MR) is 92.8 cm³/mol. The number of aliphatic imine (C=N–C) groups is 1. The van der Waals surface area contributed by atoms with Crippen LogP contribution in [0.4, 0.5) is 16.4 Å². The van der Waals surface area contributed by atoms with E-state index < -0.39 is 5.60 Å². The van der Waals surface area contributed by atoms with Gasteiger partial charge in [-0.15, -0.1) is 0 Å². The molecule has 0 aromatic carbocycles. The summed E-state index contributed by atoms with van der Waals surface area (Å²) in [6.07, 6.45) is 4.95. The molecule has 2 aromatic rings. The van der Waals surface area contributed by atoms with Gasteiger partial charge in [-0.3, -0.25) is 10.00 Å². The highest BCUT2D eigenvalue weighted by Gasteiger charge is 2.37. The third-order valence-electron chi connectivity index (χ3n) is 3.59. The summed E-state index contributed by atoms with van der Waals surface area (Å²) in [4.78, 5) is 22.5. The fraction of sp³-hybridized carbons (Fsp3) is 0.412. The van der Waals surface area contributed by atoms with Crippen molar-refractivity contribution in [1.29, 1.82) is 0 Å². The molecular weight excluding hydrogens is 306 g/mol. The first-order valence-corrected chi connectivity index (χ1v) is 7.88. The van der Waals surface area contributed by atoms with Gasteiger partial charge in [0.2, 0.25) is 0 Å². The number of carbonyl (C=O) groups excluding carboxylic acids is 1. The molecule has 1 fully saturated rings. The number of rotatable bonds is 4. The summed E-state index contributed by atoms with van der Waals surface area (Å²) in [6.45, 7) is 9.08. The molecule has 0 bridgehead atoms. The quantitative estimate of drug-likeness (QED) is 0.868. The zero-order valence-electron chi connectivity index (χ0n) is 14.1. The topological polar surface area (TPSA) is 83.5 Å². The molecule has 0 unspecified atom stereocenters. The van der Waals surface area contributed by atoms with Crippen LogP contribution in [0, 0.1) is 0 Å². The molecule has 0 spiro atoms. The smallest absolute Gasteiger partial charge is 0.416 e. The van der Waals surface area contributed by atoms with Gasteiger partial charge >= 0.3 is 6.09 Å². The average molecular weight is 327 g/mol. The van der Waals surface area contributed by atoms with Crippen LogP contribution in [0.5, 0.6) is 0 Å². The van der Waals surface area contributed by atoms with Gasteiger partial charge in [0.1, 0.15) is 11.4 Å². The zero-order valence-corrected chi connectivity index (χ0v) is 14.1. The van der Waals surface area contributed by atoms with Crippen molar-refractivity contribution in [3.05, 3.63) is 24.5 Å². The van der Waals surface area contributed by atoms with E-state index in [1.165, 1.54) is 0 Å². The number of anilines is 1. The van der Waals surface area contributed by atoms with Crippen LogP contribution in [-0.2, 0) is 4.74 Å². The Hall–Kier alpha value is -2.70. The molecular formula is C17H21N5O2. The summed E-state index contributed by atoms with van der Waals surface area (Å²) in [6, 6.07) is 3.87. The SMILES string of the molecule is C=Nc1[nH]ncc1-c1ccc(N(C(=O)OC(C)(C)C)C2CC2)nc1. The molecule has 2 aromatic heterocycles. The zero-order chi connectivity index (χ0) is 17.3. The van der Waals surface area contributed by atoms with Crippen molar-refractivity contribution in [3.8, 4) is 11.1 Å². The van der Waals surface area contributed by atoms with Gasteiger partial charge in [0.25, 0.3) is 0 Å². The monoisotopic (exact) mass is 327 g/mol. The van der Waals surface area contributed by atoms with E-state index in [2.05, 4.69) is 26.9 Å². The number of aromatic amines is 1. The van der Waals surface area contributed by atoms with Crippen LogP contribution in [-0.4, -0.2) is 39.6 Å². The van der Waals surface area contributed by atoms with Gasteiger partial charge in [0.15, 0.2) is 5.82 Å². The van der Waals surface area contributed by atoms with E-state index in [1.807, 2.05) is 32.9 Å². The maximum absolute atomic E-state index is 12.5. The molecule has 1 aliphatic carbocycles. The highest BCUT2D eigenvalue weighted by molar-refractivity contribution is 5.88. The Morgan fingerprint density at radius 1 is 1.38 bits per heavy atom. The van der Waals surface area contributed by atoms with Crippen molar-refractivity contribution in [1.82, 2.24) is 15.2 Å². The highest BCUT2D eigenvalue weighted by Crippen LogP contribution is 2.33. The minimum absolute atomic E-state index is 0.164. The summed E-state index contributed by atoms with van der Waals surface area (Å²) >= 11 is 0. The summed E-state index contributed by atoms with van der Waals surface area (Å²) in [5.74, 6) is 1.18. The maximum Gasteiger partial charge on any atom is 0.416 e. The third kappa shape index (κ3) is 3.45. The number of pyridine rings is 1. The molecule has 2 heterocycles. The van der Waals surface area contributed by atoms with Crippen LogP contribution in [0.1, 0.15) is 33.6 Å². The lowest BCUT2D eigenvalue weighted by molar-refractivity contribution is 0.0576. The fourth-order valence-corrected chi connectivity index (χ4v) is 2.37. The Bertz CT molecular complexity index is 741. The van der Waals surface area contributed by atoms with Crippen molar-refractivity contribution in [2.75, 3.05) is 4.90 Å². The van der Waals surface area contributed by atoms with E-state index in [-0.39, 0.29) is 12.1 Å². The van der Waals surface area contributed by atoms with Crippen LogP contribution >= 0.6 is 0 Å². The molecule has 1 saturated carbocycles. The van der Waals surface area contributed by atoms with Crippen molar-refractivity contribution >= 4 is 24.4 Å². The van der Waals surface area contributed by atoms with E-state index in [1.54, 1.807) is 17.3 Å². The van der Waals surface area contributed by atoms with Crippen LogP contribution in [0.15, 0.2) is 29.5 Å². The van der Waals surface area contributed by atoms with Crippen LogP contribution < -0.4 is 4.90 Å². The molecule has 126 valence electrons. The van der Waals surface area contributed by atoms with E-state index >= 15 is 0 Å². The van der Waals surface area contributed by atoms with Gasteiger partial charge in [-0.05, 0) is 52.5 Å². The molecule has 0 atom stereocenters. The second-order valence-corrected chi connectivity index (χ2v) is 6.78. The van der Waals surface area contributed by atoms with Crippen molar-refractivity contribution < 1.29 is 9.53 Å². The number of ether oxygens (including phenoxy) is 1. The Balaban J connectivity index is 1.85. The fourth-order valence-electron chi connectivity index (χ4n) is 2.37. The lowest BCUT2D eigenvalue weighted by Gasteiger charge is -2.26. The summed E-state index contributed by atoms with van der Waals surface area (Å²) < 4.78 is 5.50. The number of nitrogens with zero attached hydrogens (tertiary/aromatic N) is 4. The minimum atomic E-state index is -0.536. The number of amides is 1. The molecule has 0 radical (unpaired) electrons. The van der Waals surface area contributed by atoms with Gasteiger partial charge in [-0.2, -0.15) is 5.10 Å². The van der Waals surface area contributed by atoms with Gasteiger partial charge in [0.05, 0.1) is 6.20 Å². The van der Waals surface area contributed by atoms with Gasteiger partial charge < -0.3 is 4.74 Å². The highest BCUT2D eigenvalue weighted by atomic mass is 16.6. The lowest BCUT2D eigenvalue weighted by Crippen LogP contribution is -2.38. The van der Waals surface area contributed by atoms with Crippen molar-refractivity contribution in [2.24, 2.45) is 4.99 Å². The number of aromatic nitrogens is 3. The van der Waals surface area contributed by atoms with Crippen LogP contribution in [0.25, 0.3) is 11.1 Å². The molecule has 0 aliphatic heterocycles. The molecule has 7 nitrogen and oxygen atoms in total. The second kappa shape index (κ2) is 6.07. The van der Waals surface area contributed by atoms with E-state index in [0.717, 1.165) is 24.0 Å². The number of carbonyl (C=O) groups is 1. The number of hydrogen-bond donors (Lipinski definition) is 1. The maximum atomic E-state index is 12.5. The van der Waals surface area contributed by atoms with Gasteiger partial charge in [0, 0.05) is 23.4 Å². The van der Waals surface area contributed by atoms with E-state index in [4.69, 9.17) is 4.74 Å². The Morgan fingerprint density at radius 3 is 2.67 bits per heavy atom. The molecule has 1 N–H and O–H groups in total. The molecule has 24 heavy (non-hydrogen) atoms. The number of nitrogens with one attached hydrogen (secondary N) is 1. The van der Waals surface area contributed by atoms with Crippen molar-refractivity contribution in [2.45, 2.75) is 45.3 Å². The largest absolute Gasteiger partial charge is 0.443 e. The van der Waals surface area contributed by atoms with Gasteiger partial charge in [-0.1, -0.05) is 0 Å². The first-order valence-electron chi connectivity index (χ1n) is 7.88. The first kappa shape index (κ1) is 16.2. The Morgan fingerprint density at radius 2 is 2.12 bits per heavy atom.